The molecule has 0 spiro atoms. The monoisotopic (exact) mass is 368 g/mol. The summed E-state index contributed by atoms with van der Waals surface area (Å²) in [6, 6.07) is 6.37. The van der Waals surface area contributed by atoms with Crippen LogP contribution in [-0.4, -0.2) is 47.3 Å². The average molecular weight is 368 g/mol. The number of carboxylic acid groups (broad SMARTS) is 1. The molecule has 27 heavy (non-hydrogen) atoms. The standard InChI is InChI=1S/C21H24N2O4/c1-11-16-9-23-6-5-13-15-7-12(26-2)3-4-18(15)22-20(13)19(23)8-14(16)17(10-27-11)21(24)25/h3-4,7,10-11,14,16,19,22H,5-6,8-9H2,1-2H3,(H,24,25)/t11-,14-,16+,19-/m0/s1. The summed E-state index contributed by atoms with van der Waals surface area (Å²) in [5, 5.41) is 10.9. The first-order chi connectivity index (χ1) is 13.1. The second-order valence-electron chi connectivity index (χ2n) is 7.92. The fourth-order valence-electron chi connectivity index (χ4n) is 5.23. The lowest BCUT2D eigenvalue weighted by molar-refractivity contribution is -0.135. The lowest BCUT2D eigenvalue weighted by Gasteiger charge is -2.49. The number of nitrogens with one attached hydrogen (secondary N) is 1. The van der Waals surface area contributed by atoms with E-state index in [-0.39, 0.29) is 24.0 Å². The molecular formula is C21H24N2O4. The Kier molecular flexibility index (Phi) is 3.72. The third-order valence-electron chi connectivity index (χ3n) is 6.67. The molecule has 0 saturated carbocycles. The number of H-pyrrole nitrogens is 1. The van der Waals surface area contributed by atoms with Crippen molar-refractivity contribution in [3.8, 4) is 5.75 Å². The molecular weight excluding hydrogens is 344 g/mol. The smallest absolute Gasteiger partial charge is 0.334 e. The minimum absolute atomic E-state index is 0.0272. The van der Waals surface area contributed by atoms with Gasteiger partial charge in [-0.05, 0) is 43.5 Å². The maximum absolute atomic E-state index is 11.7. The highest BCUT2D eigenvalue weighted by atomic mass is 16.5. The highest BCUT2D eigenvalue weighted by Crippen LogP contribution is 2.47. The molecule has 6 nitrogen and oxygen atoms in total. The second-order valence-corrected chi connectivity index (χ2v) is 7.92. The Morgan fingerprint density at radius 2 is 2.26 bits per heavy atom. The highest BCUT2D eigenvalue weighted by Gasteiger charge is 2.46. The Morgan fingerprint density at radius 1 is 1.41 bits per heavy atom. The van der Waals surface area contributed by atoms with Crippen LogP contribution in [0.1, 0.15) is 30.6 Å². The van der Waals surface area contributed by atoms with E-state index in [0.29, 0.717) is 5.57 Å². The topological polar surface area (TPSA) is 74.8 Å². The number of aliphatic carboxylic acids is 1. The Labute approximate surface area is 157 Å². The molecule has 1 aromatic heterocycles. The Balaban J connectivity index is 1.56. The van der Waals surface area contributed by atoms with E-state index in [0.717, 1.165) is 37.2 Å². The molecule has 1 fully saturated rings. The molecule has 3 aliphatic heterocycles. The fourth-order valence-corrected chi connectivity index (χ4v) is 5.23. The first-order valence-corrected chi connectivity index (χ1v) is 9.58. The zero-order valence-electron chi connectivity index (χ0n) is 15.6. The van der Waals surface area contributed by atoms with Crippen LogP contribution in [0.4, 0.5) is 0 Å². The van der Waals surface area contributed by atoms with E-state index in [2.05, 4.69) is 28.9 Å². The summed E-state index contributed by atoms with van der Waals surface area (Å²) in [5.74, 6) is 0.260. The number of methoxy groups -OCH3 is 1. The number of carbonyl (C=O) groups is 1. The van der Waals surface area contributed by atoms with Crippen LogP contribution in [0.15, 0.2) is 30.0 Å². The number of ether oxygens (including phenoxy) is 2. The molecule has 2 aromatic rings. The Hall–Kier alpha value is -2.47. The third kappa shape index (κ3) is 2.46. The molecule has 0 radical (unpaired) electrons. The zero-order chi connectivity index (χ0) is 18.7. The van der Waals surface area contributed by atoms with Crippen LogP contribution in [0.3, 0.4) is 0 Å². The van der Waals surface area contributed by atoms with E-state index in [9.17, 15) is 9.90 Å². The van der Waals surface area contributed by atoms with Crippen molar-refractivity contribution < 1.29 is 19.4 Å². The van der Waals surface area contributed by atoms with Crippen LogP contribution in [0.25, 0.3) is 10.9 Å². The number of nitrogens with zero attached hydrogens (tertiary/aromatic N) is 1. The van der Waals surface area contributed by atoms with Crippen molar-refractivity contribution in [3.63, 3.8) is 0 Å². The number of piperidine rings is 1. The largest absolute Gasteiger partial charge is 0.497 e. The van der Waals surface area contributed by atoms with Crippen molar-refractivity contribution in [1.29, 1.82) is 0 Å². The predicted octanol–water partition coefficient (Wildman–Crippen LogP) is 3.10. The van der Waals surface area contributed by atoms with Crippen molar-refractivity contribution in [2.75, 3.05) is 20.2 Å². The molecule has 4 heterocycles. The van der Waals surface area contributed by atoms with Gasteiger partial charge in [0.1, 0.15) is 5.75 Å². The summed E-state index contributed by atoms with van der Waals surface area (Å²) >= 11 is 0. The highest BCUT2D eigenvalue weighted by molar-refractivity contribution is 5.88. The van der Waals surface area contributed by atoms with Gasteiger partial charge in [-0.1, -0.05) is 0 Å². The van der Waals surface area contributed by atoms with Gasteiger partial charge in [0.25, 0.3) is 0 Å². The second kappa shape index (κ2) is 6.02. The summed E-state index contributed by atoms with van der Waals surface area (Å²) < 4.78 is 11.1. The number of hydrogen-bond donors (Lipinski definition) is 2. The zero-order valence-corrected chi connectivity index (χ0v) is 15.6. The predicted molar refractivity (Wildman–Crippen MR) is 101 cm³/mol. The molecule has 1 aromatic carbocycles. The van der Waals surface area contributed by atoms with Crippen molar-refractivity contribution in [3.05, 3.63) is 41.3 Å². The SMILES string of the molecule is COc1ccc2[nH]c3c(c2c1)CCN1C[C@@H]2[C@H](C)OC=C(C(=O)O)[C@H]2C[C@@H]31. The van der Waals surface area contributed by atoms with Crippen LogP contribution in [0, 0.1) is 11.8 Å². The maximum atomic E-state index is 11.7. The molecule has 4 atom stereocenters. The van der Waals surface area contributed by atoms with E-state index in [1.54, 1.807) is 7.11 Å². The van der Waals surface area contributed by atoms with Crippen LogP contribution in [0.5, 0.6) is 5.75 Å². The van der Waals surface area contributed by atoms with Gasteiger partial charge in [0, 0.05) is 41.5 Å². The lowest BCUT2D eigenvalue weighted by atomic mass is 9.72. The van der Waals surface area contributed by atoms with Gasteiger partial charge in [-0.3, -0.25) is 4.90 Å². The molecule has 0 bridgehead atoms. The number of aromatic nitrogens is 1. The Bertz CT molecular complexity index is 947. The summed E-state index contributed by atoms with van der Waals surface area (Å²) in [7, 11) is 1.69. The average Bonchev–Trinajstić information content (AvgIpc) is 3.05. The van der Waals surface area contributed by atoms with Crippen LogP contribution >= 0.6 is 0 Å². The quantitative estimate of drug-likeness (QED) is 0.852. The Morgan fingerprint density at radius 3 is 3.04 bits per heavy atom. The minimum atomic E-state index is -0.859. The molecule has 0 unspecified atom stereocenters. The molecule has 6 heteroatoms. The first kappa shape index (κ1) is 16.7. The van der Waals surface area contributed by atoms with Crippen LogP contribution in [0.2, 0.25) is 0 Å². The summed E-state index contributed by atoms with van der Waals surface area (Å²) in [4.78, 5) is 17.9. The summed E-state index contributed by atoms with van der Waals surface area (Å²) in [5.41, 5.74) is 4.14. The molecule has 2 N–H and O–H groups in total. The van der Waals surface area contributed by atoms with Crippen molar-refractivity contribution in [2.24, 2.45) is 11.8 Å². The van der Waals surface area contributed by atoms with Gasteiger partial charge in [-0.25, -0.2) is 4.79 Å². The van der Waals surface area contributed by atoms with Gasteiger partial charge < -0.3 is 19.6 Å². The molecule has 3 aliphatic rings. The van der Waals surface area contributed by atoms with E-state index < -0.39 is 5.97 Å². The maximum Gasteiger partial charge on any atom is 0.334 e. The number of hydrogen-bond acceptors (Lipinski definition) is 4. The first-order valence-electron chi connectivity index (χ1n) is 9.58. The number of carboxylic acids is 1. The van der Waals surface area contributed by atoms with E-state index in [4.69, 9.17) is 9.47 Å². The van der Waals surface area contributed by atoms with Crippen molar-refractivity contribution >= 4 is 16.9 Å². The van der Waals surface area contributed by atoms with Gasteiger partial charge in [0.05, 0.1) is 31.1 Å². The van der Waals surface area contributed by atoms with Gasteiger partial charge in [-0.15, -0.1) is 0 Å². The van der Waals surface area contributed by atoms with E-state index in [1.807, 2.05) is 6.07 Å². The lowest BCUT2D eigenvalue weighted by Crippen LogP contribution is -2.51. The molecule has 0 aliphatic carbocycles. The molecule has 0 amide bonds. The van der Waals surface area contributed by atoms with Crippen molar-refractivity contribution in [1.82, 2.24) is 9.88 Å². The normalized spacial score (nSPS) is 29.9. The van der Waals surface area contributed by atoms with Crippen molar-refractivity contribution in [2.45, 2.75) is 31.9 Å². The van der Waals surface area contributed by atoms with E-state index >= 15 is 0 Å². The number of fused-ring (bicyclic) bond motifs is 6. The summed E-state index contributed by atoms with van der Waals surface area (Å²) in [6.07, 6.45) is 3.33. The molecule has 142 valence electrons. The van der Waals surface area contributed by atoms with Crippen LogP contribution in [-0.2, 0) is 16.0 Å². The molecule has 1 saturated heterocycles. The molecule has 5 rings (SSSR count). The van der Waals surface area contributed by atoms with Crippen LogP contribution < -0.4 is 4.74 Å². The minimum Gasteiger partial charge on any atom is -0.497 e. The van der Waals surface area contributed by atoms with E-state index in [1.165, 1.54) is 22.9 Å². The number of aromatic amines is 1. The van der Waals surface area contributed by atoms with Gasteiger partial charge >= 0.3 is 5.97 Å². The van der Waals surface area contributed by atoms with Gasteiger partial charge in [0.15, 0.2) is 0 Å². The third-order valence-corrected chi connectivity index (χ3v) is 6.67. The fraction of sp³-hybridized carbons (Fsp3) is 0.476. The number of benzene rings is 1. The number of rotatable bonds is 2. The van der Waals surface area contributed by atoms with Gasteiger partial charge in [-0.2, -0.15) is 0 Å². The summed E-state index contributed by atoms with van der Waals surface area (Å²) in [6.45, 7) is 3.92. The van der Waals surface area contributed by atoms with Gasteiger partial charge in [0.2, 0.25) is 0 Å².